The fourth-order valence-electron chi connectivity index (χ4n) is 1.84. The number of hydrogen-bond donors (Lipinski definition) is 0. The molecule has 2 fully saturated rings. The highest BCUT2D eigenvalue weighted by atomic mass is 16.2. The van der Waals surface area contributed by atoms with Crippen molar-refractivity contribution < 1.29 is 4.79 Å². The van der Waals surface area contributed by atoms with Crippen LogP contribution in [0.5, 0.6) is 0 Å². The number of carbonyl (C=O) groups is 1. The van der Waals surface area contributed by atoms with Crippen molar-refractivity contribution in [2.24, 2.45) is 11.3 Å². The van der Waals surface area contributed by atoms with Gasteiger partial charge < -0.3 is 4.90 Å². The summed E-state index contributed by atoms with van der Waals surface area (Å²) in [6.45, 7) is 3.73. The predicted molar refractivity (Wildman–Crippen MR) is 47.6 cm³/mol. The molecule has 1 amide bonds. The van der Waals surface area contributed by atoms with E-state index in [0.717, 1.165) is 6.54 Å². The van der Waals surface area contributed by atoms with Gasteiger partial charge in [-0.05, 0) is 18.3 Å². The zero-order valence-electron chi connectivity index (χ0n) is 7.92. The number of nitrogens with zero attached hydrogens (tertiary/aromatic N) is 2. The largest absolute Gasteiger partial charge is 0.341 e. The molecule has 1 atom stereocenters. The average Bonchev–Trinajstić information content (AvgIpc) is 2.70. The summed E-state index contributed by atoms with van der Waals surface area (Å²) in [6.07, 6.45) is 2.90. The molecule has 2 rings (SSSR count). The quantitative estimate of drug-likeness (QED) is 0.636. The topological polar surface area (TPSA) is 44.1 Å². The molecule has 2 aliphatic rings. The van der Waals surface area contributed by atoms with Crippen LogP contribution in [0.2, 0.25) is 0 Å². The Hall–Kier alpha value is -1.04. The van der Waals surface area contributed by atoms with Gasteiger partial charge >= 0.3 is 0 Å². The van der Waals surface area contributed by atoms with Crippen molar-refractivity contribution in [2.75, 3.05) is 13.1 Å². The van der Waals surface area contributed by atoms with Crippen LogP contribution in [0.15, 0.2) is 0 Å². The van der Waals surface area contributed by atoms with Crippen LogP contribution in [-0.4, -0.2) is 23.9 Å². The van der Waals surface area contributed by atoms with Crippen LogP contribution in [0.4, 0.5) is 0 Å². The van der Waals surface area contributed by atoms with Gasteiger partial charge in [0.1, 0.15) is 0 Å². The normalized spacial score (nSPS) is 30.3. The molecule has 1 saturated carbocycles. The Labute approximate surface area is 78.3 Å². The zero-order chi connectivity index (χ0) is 9.47. The van der Waals surface area contributed by atoms with Gasteiger partial charge in [0.2, 0.25) is 5.91 Å². The monoisotopic (exact) mass is 178 g/mol. The standard InChI is InChI=1S/C10H14N2O/c1-10(2-3-10)7-12-6-8(5-11)4-9(12)13/h8H,2-4,6-7H2,1H3. The van der Waals surface area contributed by atoms with Crippen molar-refractivity contribution in [3.8, 4) is 6.07 Å². The first-order valence-corrected chi connectivity index (χ1v) is 4.80. The molecule has 0 bridgehead atoms. The van der Waals surface area contributed by atoms with E-state index < -0.39 is 0 Å². The van der Waals surface area contributed by atoms with Crippen molar-refractivity contribution in [1.82, 2.24) is 4.90 Å². The summed E-state index contributed by atoms with van der Waals surface area (Å²) in [5, 5.41) is 8.69. The Morgan fingerprint density at radius 1 is 1.69 bits per heavy atom. The first-order valence-electron chi connectivity index (χ1n) is 4.80. The molecule has 3 heteroatoms. The van der Waals surface area contributed by atoms with Crippen molar-refractivity contribution >= 4 is 5.91 Å². The lowest BCUT2D eigenvalue weighted by Gasteiger charge is -2.19. The number of rotatable bonds is 2. The second kappa shape index (κ2) is 2.73. The lowest BCUT2D eigenvalue weighted by atomic mass is 10.1. The summed E-state index contributed by atoms with van der Waals surface area (Å²) >= 11 is 0. The second-order valence-corrected chi connectivity index (χ2v) is 4.62. The van der Waals surface area contributed by atoms with E-state index in [-0.39, 0.29) is 11.8 Å². The molecule has 1 heterocycles. The third-order valence-corrected chi connectivity index (χ3v) is 3.07. The minimum atomic E-state index is -0.0603. The van der Waals surface area contributed by atoms with E-state index in [9.17, 15) is 4.79 Å². The summed E-state index contributed by atoms with van der Waals surface area (Å²) in [4.78, 5) is 13.3. The number of carbonyl (C=O) groups excluding carboxylic acids is 1. The lowest BCUT2D eigenvalue weighted by Crippen LogP contribution is -2.30. The van der Waals surface area contributed by atoms with Gasteiger partial charge in [-0.15, -0.1) is 0 Å². The SMILES string of the molecule is CC1(CN2CC(C#N)CC2=O)CC1. The Kier molecular flexibility index (Phi) is 1.80. The van der Waals surface area contributed by atoms with Crippen LogP contribution in [-0.2, 0) is 4.79 Å². The van der Waals surface area contributed by atoms with Gasteiger partial charge in [0, 0.05) is 19.5 Å². The highest BCUT2D eigenvalue weighted by Crippen LogP contribution is 2.46. The second-order valence-electron chi connectivity index (χ2n) is 4.62. The van der Waals surface area contributed by atoms with Crippen molar-refractivity contribution in [3.63, 3.8) is 0 Å². The number of nitriles is 1. The molecule has 13 heavy (non-hydrogen) atoms. The Morgan fingerprint density at radius 3 is 2.85 bits per heavy atom. The van der Waals surface area contributed by atoms with E-state index in [1.807, 2.05) is 4.90 Å². The van der Waals surface area contributed by atoms with Gasteiger partial charge in [0.05, 0.1) is 12.0 Å². The summed E-state index contributed by atoms with van der Waals surface area (Å²) in [6, 6.07) is 2.17. The number of amides is 1. The Bertz CT molecular complexity index is 275. The molecule has 0 radical (unpaired) electrons. The first kappa shape index (κ1) is 8.55. The maximum absolute atomic E-state index is 11.4. The Morgan fingerprint density at radius 2 is 2.38 bits per heavy atom. The number of hydrogen-bond acceptors (Lipinski definition) is 2. The summed E-state index contributed by atoms with van der Waals surface area (Å²) in [5.74, 6) is 0.106. The molecule has 0 aromatic rings. The Balaban J connectivity index is 1.94. The summed E-state index contributed by atoms with van der Waals surface area (Å²) in [5.41, 5.74) is 0.375. The van der Waals surface area contributed by atoms with Gasteiger partial charge in [-0.25, -0.2) is 0 Å². The third kappa shape index (κ3) is 1.67. The molecule has 1 saturated heterocycles. The van der Waals surface area contributed by atoms with Crippen LogP contribution in [0.1, 0.15) is 26.2 Å². The van der Waals surface area contributed by atoms with Crippen LogP contribution in [0, 0.1) is 22.7 Å². The van der Waals surface area contributed by atoms with Gasteiger partial charge in [-0.1, -0.05) is 6.92 Å². The first-order chi connectivity index (χ1) is 6.13. The van der Waals surface area contributed by atoms with Crippen LogP contribution >= 0.6 is 0 Å². The maximum atomic E-state index is 11.4. The predicted octanol–water partition coefficient (Wildman–Crippen LogP) is 1.16. The molecule has 0 aromatic heterocycles. The molecule has 0 aromatic carbocycles. The van der Waals surface area contributed by atoms with E-state index in [1.54, 1.807) is 0 Å². The van der Waals surface area contributed by atoms with E-state index in [2.05, 4.69) is 13.0 Å². The molecule has 1 aliphatic carbocycles. The maximum Gasteiger partial charge on any atom is 0.224 e. The van der Waals surface area contributed by atoms with Crippen molar-refractivity contribution in [2.45, 2.75) is 26.2 Å². The number of likely N-dealkylation sites (tertiary alicyclic amines) is 1. The molecule has 1 aliphatic heterocycles. The van der Waals surface area contributed by atoms with Crippen molar-refractivity contribution in [3.05, 3.63) is 0 Å². The fraction of sp³-hybridized carbons (Fsp3) is 0.800. The van der Waals surface area contributed by atoms with Gasteiger partial charge in [0.25, 0.3) is 0 Å². The molecule has 70 valence electrons. The van der Waals surface area contributed by atoms with E-state index >= 15 is 0 Å². The minimum Gasteiger partial charge on any atom is -0.341 e. The van der Waals surface area contributed by atoms with E-state index in [4.69, 9.17) is 5.26 Å². The molecule has 0 N–H and O–H groups in total. The molecule has 0 spiro atoms. The average molecular weight is 178 g/mol. The van der Waals surface area contributed by atoms with Crippen LogP contribution in [0.25, 0.3) is 0 Å². The highest BCUT2D eigenvalue weighted by molar-refractivity contribution is 5.79. The van der Waals surface area contributed by atoms with Gasteiger partial charge in [0.15, 0.2) is 0 Å². The minimum absolute atomic E-state index is 0.0603. The fourth-order valence-corrected chi connectivity index (χ4v) is 1.84. The lowest BCUT2D eigenvalue weighted by molar-refractivity contribution is -0.128. The van der Waals surface area contributed by atoms with E-state index in [1.165, 1.54) is 12.8 Å². The summed E-state index contributed by atoms with van der Waals surface area (Å²) in [7, 11) is 0. The van der Waals surface area contributed by atoms with Crippen LogP contribution < -0.4 is 0 Å². The van der Waals surface area contributed by atoms with Crippen molar-refractivity contribution in [1.29, 1.82) is 5.26 Å². The zero-order valence-corrected chi connectivity index (χ0v) is 7.92. The van der Waals surface area contributed by atoms with Gasteiger partial charge in [-0.2, -0.15) is 5.26 Å². The molecule has 1 unspecified atom stereocenters. The van der Waals surface area contributed by atoms with E-state index in [0.29, 0.717) is 18.4 Å². The smallest absolute Gasteiger partial charge is 0.224 e. The van der Waals surface area contributed by atoms with Gasteiger partial charge in [-0.3, -0.25) is 4.79 Å². The third-order valence-electron chi connectivity index (χ3n) is 3.07. The molecular weight excluding hydrogens is 164 g/mol. The highest BCUT2D eigenvalue weighted by Gasteiger charge is 2.42. The molecular formula is C10H14N2O. The molecule has 3 nitrogen and oxygen atoms in total. The summed E-state index contributed by atoms with van der Waals surface area (Å²) < 4.78 is 0. The van der Waals surface area contributed by atoms with Crippen LogP contribution in [0.3, 0.4) is 0 Å².